The summed E-state index contributed by atoms with van der Waals surface area (Å²) in [6.07, 6.45) is 2.50. The van der Waals surface area contributed by atoms with Gasteiger partial charge in [-0.2, -0.15) is 0 Å². The Bertz CT molecular complexity index is 1350. The number of carbonyl (C=O) groups excluding carboxylic acids is 1. The Hall–Kier alpha value is -4.08. The number of morpholine rings is 1. The number of nitrogens with one attached hydrogen (secondary N) is 3. The summed E-state index contributed by atoms with van der Waals surface area (Å²) in [7, 11) is 0. The van der Waals surface area contributed by atoms with Gasteiger partial charge in [0.25, 0.3) is 0 Å². The SMILES string of the molecule is C=CC(=O)Nc1cc(Oc2ncnc3[nH]c(-c4ccc(C5CNCCO5)cc4)cc23)ccc1F. The third kappa shape index (κ3) is 4.52. The van der Waals surface area contributed by atoms with Crippen molar-refractivity contribution in [2.45, 2.75) is 6.10 Å². The van der Waals surface area contributed by atoms with E-state index in [2.05, 4.69) is 44.3 Å². The fraction of sp³-hybridized carbons (Fsp3) is 0.160. The number of amides is 1. The predicted octanol–water partition coefficient (Wildman–Crippen LogP) is 4.34. The second-order valence-corrected chi connectivity index (χ2v) is 7.75. The normalized spacial score (nSPS) is 15.7. The lowest BCUT2D eigenvalue weighted by Gasteiger charge is -2.24. The van der Waals surface area contributed by atoms with E-state index in [0.717, 1.165) is 36.0 Å². The molecule has 8 nitrogen and oxygen atoms in total. The highest BCUT2D eigenvalue weighted by Crippen LogP contribution is 2.32. The van der Waals surface area contributed by atoms with Gasteiger partial charge in [-0.25, -0.2) is 14.4 Å². The summed E-state index contributed by atoms with van der Waals surface area (Å²) in [5.41, 5.74) is 3.54. The molecule has 0 spiro atoms. The van der Waals surface area contributed by atoms with Gasteiger partial charge in [0.1, 0.15) is 23.5 Å². The number of anilines is 1. The second-order valence-electron chi connectivity index (χ2n) is 7.75. The molecule has 2 aromatic heterocycles. The molecule has 5 rings (SSSR count). The van der Waals surface area contributed by atoms with Crippen molar-refractivity contribution in [3.8, 4) is 22.9 Å². The van der Waals surface area contributed by atoms with E-state index in [1.165, 1.54) is 24.5 Å². The summed E-state index contributed by atoms with van der Waals surface area (Å²) in [4.78, 5) is 23.4. The van der Waals surface area contributed by atoms with Gasteiger partial charge in [0.05, 0.1) is 23.8 Å². The largest absolute Gasteiger partial charge is 0.438 e. The zero-order chi connectivity index (χ0) is 23.5. The van der Waals surface area contributed by atoms with Crippen molar-refractivity contribution in [2.24, 2.45) is 0 Å². The van der Waals surface area contributed by atoms with E-state index >= 15 is 0 Å². The highest BCUT2D eigenvalue weighted by Gasteiger charge is 2.17. The Balaban J connectivity index is 1.40. The second kappa shape index (κ2) is 9.42. The van der Waals surface area contributed by atoms with Gasteiger partial charge in [0.2, 0.25) is 11.8 Å². The number of hydrogen-bond acceptors (Lipinski definition) is 6. The van der Waals surface area contributed by atoms with Crippen LogP contribution in [0.4, 0.5) is 10.1 Å². The Labute approximate surface area is 194 Å². The van der Waals surface area contributed by atoms with E-state index in [9.17, 15) is 9.18 Å². The zero-order valence-electron chi connectivity index (χ0n) is 18.2. The van der Waals surface area contributed by atoms with Crippen LogP contribution in [0.25, 0.3) is 22.3 Å². The van der Waals surface area contributed by atoms with Gasteiger partial charge >= 0.3 is 0 Å². The minimum Gasteiger partial charge on any atom is -0.438 e. The number of nitrogens with zero attached hydrogens (tertiary/aromatic N) is 2. The van der Waals surface area contributed by atoms with Gasteiger partial charge in [-0.05, 0) is 35.4 Å². The van der Waals surface area contributed by atoms with Gasteiger partial charge in [0, 0.05) is 24.8 Å². The third-order valence-electron chi connectivity index (χ3n) is 5.51. The smallest absolute Gasteiger partial charge is 0.247 e. The first-order valence-electron chi connectivity index (χ1n) is 10.8. The molecule has 3 N–H and O–H groups in total. The molecule has 2 aromatic carbocycles. The molecule has 172 valence electrons. The van der Waals surface area contributed by atoms with Crippen LogP contribution in [0.1, 0.15) is 11.7 Å². The third-order valence-corrected chi connectivity index (χ3v) is 5.51. The Morgan fingerprint density at radius 2 is 2.06 bits per heavy atom. The topological polar surface area (TPSA) is 101 Å². The zero-order valence-corrected chi connectivity index (χ0v) is 18.2. The number of fused-ring (bicyclic) bond motifs is 1. The molecule has 0 bridgehead atoms. The molecule has 0 aliphatic carbocycles. The van der Waals surface area contributed by atoms with Crippen LogP contribution >= 0.6 is 0 Å². The maximum absolute atomic E-state index is 14.0. The van der Waals surface area contributed by atoms with E-state index in [0.29, 0.717) is 29.3 Å². The molecule has 1 saturated heterocycles. The first-order chi connectivity index (χ1) is 16.6. The van der Waals surface area contributed by atoms with Crippen molar-refractivity contribution in [3.05, 3.63) is 78.9 Å². The Morgan fingerprint density at radius 1 is 1.21 bits per heavy atom. The van der Waals surface area contributed by atoms with Crippen LogP contribution in [0.2, 0.25) is 0 Å². The van der Waals surface area contributed by atoms with E-state index in [4.69, 9.17) is 9.47 Å². The molecular formula is C25H22FN5O3. The minimum absolute atomic E-state index is 0.0142. The maximum Gasteiger partial charge on any atom is 0.247 e. The molecule has 1 atom stereocenters. The molecule has 1 aliphatic heterocycles. The molecule has 1 aliphatic rings. The lowest BCUT2D eigenvalue weighted by atomic mass is 10.0. The van der Waals surface area contributed by atoms with Gasteiger partial charge in [-0.15, -0.1) is 0 Å². The molecule has 34 heavy (non-hydrogen) atoms. The van der Waals surface area contributed by atoms with Crippen LogP contribution in [0.5, 0.6) is 11.6 Å². The lowest BCUT2D eigenvalue weighted by molar-refractivity contribution is -0.111. The lowest BCUT2D eigenvalue weighted by Crippen LogP contribution is -2.33. The van der Waals surface area contributed by atoms with Crippen LogP contribution in [0, 0.1) is 5.82 Å². The molecule has 1 amide bonds. The van der Waals surface area contributed by atoms with Crippen molar-refractivity contribution in [3.63, 3.8) is 0 Å². The van der Waals surface area contributed by atoms with Crippen LogP contribution in [-0.4, -0.2) is 40.6 Å². The number of carbonyl (C=O) groups is 1. The van der Waals surface area contributed by atoms with Crippen LogP contribution in [0.15, 0.2) is 67.5 Å². The number of rotatable bonds is 6. The highest BCUT2D eigenvalue weighted by atomic mass is 19.1. The fourth-order valence-electron chi connectivity index (χ4n) is 3.77. The average molecular weight is 459 g/mol. The quantitative estimate of drug-likeness (QED) is 0.371. The average Bonchev–Trinajstić information content (AvgIpc) is 3.32. The summed E-state index contributed by atoms with van der Waals surface area (Å²) in [6, 6.07) is 14.1. The molecule has 0 saturated carbocycles. The van der Waals surface area contributed by atoms with Crippen molar-refractivity contribution in [1.29, 1.82) is 0 Å². The van der Waals surface area contributed by atoms with Gasteiger partial charge in [-0.1, -0.05) is 30.8 Å². The summed E-state index contributed by atoms with van der Waals surface area (Å²) >= 11 is 0. The summed E-state index contributed by atoms with van der Waals surface area (Å²) < 4.78 is 25.8. The van der Waals surface area contributed by atoms with E-state index in [-0.39, 0.29) is 11.8 Å². The van der Waals surface area contributed by atoms with E-state index < -0.39 is 11.7 Å². The van der Waals surface area contributed by atoms with Gasteiger partial charge in [-0.3, -0.25) is 4.79 Å². The fourth-order valence-corrected chi connectivity index (χ4v) is 3.77. The number of ether oxygens (including phenoxy) is 2. The summed E-state index contributed by atoms with van der Waals surface area (Å²) in [5.74, 6) is -0.488. The van der Waals surface area contributed by atoms with E-state index in [1.807, 2.05) is 18.2 Å². The van der Waals surface area contributed by atoms with Gasteiger partial charge < -0.3 is 25.1 Å². The number of aromatic amines is 1. The first kappa shape index (κ1) is 21.7. The summed E-state index contributed by atoms with van der Waals surface area (Å²) in [6.45, 7) is 5.74. The molecule has 9 heteroatoms. The van der Waals surface area contributed by atoms with Crippen molar-refractivity contribution in [2.75, 3.05) is 25.0 Å². The van der Waals surface area contributed by atoms with Crippen molar-refractivity contribution >= 4 is 22.6 Å². The van der Waals surface area contributed by atoms with Gasteiger partial charge in [0.15, 0.2) is 0 Å². The number of H-pyrrole nitrogens is 1. The molecule has 1 unspecified atom stereocenters. The first-order valence-corrected chi connectivity index (χ1v) is 10.8. The summed E-state index contributed by atoms with van der Waals surface area (Å²) in [5, 5.41) is 6.42. The Kier molecular flexibility index (Phi) is 6.03. The van der Waals surface area contributed by atoms with E-state index in [1.54, 1.807) is 0 Å². The number of hydrogen-bond donors (Lipinski definition) is 3. The van der Waals surface area contributed by atoms with Crippen molar-refractivity contribution in [1.82, 2.24) is 20.3 Å². The van der Waals surface area contributed by atoms with Crippen LogP contribution < -0.4 is 15.4 Å². The molecule has 4 aromatic rings. The highest BCUT2D eigenvalue weighted by molar-refractivity contribution is 5.99. The predicted molar refractivity (Wildman–Crippen MR) is 126 cm³/mol. The molecule has 0 radical (unpaired) electrons. The minimum atomic E-state index is -0.586. The molecular weight excluding hydrogens is 437 g/mol. The molecule has 3 heterocycles. The monoisotopic (exact) mass is 459 g/mol. The van der Waals surface area contributed by atoms with Crippen molar-refractivity contribution < 1.29 is 18.7 Å². The number of benzene rings is 2. The van der Waals surface area contributed by atoms with Crippen LogP contribution in [0.3, 0.4) is 0 Å². The number of halogens is 1. The Morgan fingerprint density at radius 3 is 2.82 bits per heavy atom. The number of aromatic nitrogens is 3. The standard InChI is InChI=1S/C25H22FN5O3/c1-2-23(32)30-21-11-17(7-8-19(21)26)34-25-18-12-20(31-24(18)28-14-29-25)15-3-5-16(6-4-15)22-13-27-9-10-33-22/h2-8,11-12,14,22,27H,1,9-10,13H2,(H,30,32)(H,28,29,31). The molecule has 1 fully saturated rings. The van der Waals surface area contributed by atoms with Crippen LogP contribution in [-0.2, 0) is 9.53 Å². The maximum atomic E-state index is 14.0.